The largest absolute Gasteiger partial charge is 0.416 e. The summed E-state index contributed by atoms with van der Waals surface area (Å²) in [6.07, 6.45) is -9.35. The zero-order valence-electron chi connectivity index (χ0n) is 17.3. The molecule has 2 aliphatic rings. The minimum absolute atomic E-state index is 0.00000656. The Morgan fingerprint density at radius 2 is 1.39 bits per heavy atom. The molecule has 3 unspecified atom stereocenters. The normalized spacial score (nSPS) is 26.7. The van der Waals surface area contributed by atoms with E-state index in [2.05, 4.69) is 4.90 Å². The van der Waals surface area contributed by atoms with E-state index < -0.39 is 29.8 Å². The predicted octanol–water partition coefficient (Wildman–Crippen LogP) is 3.81. The average molecular weight is 454 g/mol. The van der Waals surface area contributed by atoms with E-state index in [4.69, 9.17) is 0 Å². The summed E-state index contributed by atoms with van der Waals surface area (Å²) in [5, 5.41) is 18.9. The maximum absolute atomic E-state index is 13.0. The van der Waals surface area contributed by atoms with Crippen LogP contribution in [-0.4, -0.2) is 59.0 Å². The van der Waals surface area contributed by atoms with Crippen LogP contribution in [0.5, 0.6) is 0 Å². The first-order valence-corrected chi connectivity index (χ1v) is 10.4. The highest BCUT2D eigenvalue weighted by molar-refractivity contribution is 5.33. The van der Waals surface area contributed by atoms with Gasteiger partial charge in [-0.15, -0.1) is 0 Å². The molecule has 1 saturated carbocycles. The number of hydrogen-bond donors (Lipinski definition) is 2. The second-order valence-corrected chi connectivity index (χ2v) is 8.88. The van der Waals surface area contributed by atoms with Crippen LogP contribution in [0.3, 0.4) is 0 Å². The molecule has 0 aromatic heterocycles. The Morgan fingerprint density at radius 3 is 1.84 bits per heavy atom. The number of piperazine rings is 1. The molecule has 1 aliphatic heterocycles. The van der Waals surface area contributed by atoms with Crippen molar-refractivity contribution in [3.8, 4) is 0 Å². The minimum Gasteiger partial charge on any atom is -0.368 e. The quantitative estimate of drug-likeness (QED) is 0.525. The van der Waals surface area contributed by atoms with Gasteiger partial charge in [-0.25, -0.2) is 0 Å². The van der Waals surface area contributed by atoms with Crippen molar-refractivity contribution in [1.82, 2.24) is 9.80 Å². The summed E-state index contributed by atoms with van der Waals surface area (Å²) in [5.74, 6) is 0.455. The van der Waals surface area contributed by atoms with E-state index in [1.807, 2.05) is 11.8 Å². The van der Waals surface area contributed by atoms with Gasteiger partial charge in [0.1, 0.15) is 0 Å². The maximum Gasteiger partial charge on any atom is 0.416 e. The molecule has 3 rings (SSSR count). The van der Waals surface area contributed by atoms with E-state index in [0.29, 0.717) is 32.1 Å². The fraction of sp³-hybridized carbons (Fsp3) is 0.714. The van der Waals surface area contributed by atoms with Gasteiger partial charge in [-0.3, -0.25) is 4.90 Å². The van der Waals surface area contributed by atoms with E-state index in [9.17, 15) is 36.6 Å². The Labute approximate surface area is 177 Å². The van der Waals surface area contributed by atoms with E-state index in [1.165, 1.54) is 0 Å². The predicted molar refractivity (Wildman–Crippen MR) is 102 cm³/mol. The van der Waals surface area contributed by atoms with Gasteiger partial charge in [0.2, 0.25) is 0 Å². The van der Waals surface area contributed by atoms with Gasteiger partial charge in [0, 0.05) is 45.2 Å². The van der Waals surface area contributed by atoms with Crippen LogP contribution < -0.4 is 0 Å². The molecule has 0 radical (unpaired) electrons. The summed E-state index contributed by atoms with van der Waals surface area (Å²) < 4.78 is 78.3. The fourth-order valence-corrected chi connectivity index (χ4v) is 4.84. The molecule has 1 aromatic carbocycles. The van der Waals surface area contributed by atoms with Crippen molar-refractivity contribution in [2.45, 2.75) is 45.0 Å². The van der Waals surface area contributed by atoms with Crippen molar-refractivity contribution in [2.75, 3.05) is 32.7 Å². The van der Waals surface area contributed by atoms with Gasteiger partial charge in [0.25, 0.3) is 0 Å². The summed E-state index contributed by atoms with van der Waals surface area (Å²) in [6, 6.07) is 1.74. The highest BCUT2D eigenvalue weighted by Crippen LogP contribution is 2.39. The smallest absolute Gasteiger partial charge is 0.368 e. The summed E-state index contributed by atoms with van der Waals surface area (Å²) in [5.41, 5.74) is -2.57. The second kappa shape index (κ2) is 9.25. The lowest BCUT2D eigenvalue weighted by Crippen LogP contribution is -2.47. The van der Waals surface area contributed by atoms with Crippen molar-refractivity contribution in [3.05, 3.63) is 34.9 Å². The average Bonchev–Trinajstić information content (AvgIpc) is 3.02. The molecule has 1 saturated heterocycles. The second-order valence-electron chi connectivity index (χ2n) is 8.88. The van der Waals surface area contributed by atoms with Crippen LogP contribution in [0.2, 0.25) is 0 Å². The van der Waals surface area contributed by atoms with Gasteiger partial charge in [0.15, 0.2) is 6.29 Å². The Bertz CT molecular complexity index is 712. The van der Waals surface area contributed by atoms with Gasteiger partial charge >= 0.3 is 12.4 Å². The third-order valence-corrected chi connectivity index (χ3v) is 6.46. The lowest BCUT2D eigenvalue weighted by molar-refractivity contribution is -0.143. The van der Waals surface area contributed by atoms with E-state index in [-0.39, 0.29) is 30.0 Å². The molecule has 0 bridgehead atoms. The van der Waals surface area contributed by atoms with Gasteiger partial charge in [-0.1, -0.05) is 6.92 Å². The lowest BCUT2D eigenvalue weighted by Gasteiger charge is -2.36. The molecule has 1 heterocycles. The zero-order chi connectivity index (χ0) is 23.0. The molecule has 3 atom stereocenters. The fourth-order valence-electron chi connectivity index (χ4n) is 4.84. The lowest BCUT2D eigenvalue weighted by atomic mass is 9.98. The highest BCUT2D eigenvalue weighted by atomic mass is 19.4. The Kier molecular flexibility index (Phi) is 7.25. The molecule has 2 fully saturated rings. The first-order valence-electron chi connectivity index (χ1n) is 10.4. The summed E-state index contributed by atoms with van der Waals surface area (Å²) in [4.78, 5) is 4.09. The number of aliphatic hydroxyl groups is 2. The number of halogens is 6. The minimum atomic E-state index is -4.84. The Balaban J connectivity index is 1.57. The molecule has 0 amide bonds. The molecule has 1 aromatic rings. The van der Waals surface area contributed by atoms with Gasteiger partial charge in [0.05, 0.1) is 11.1 Å². The standard InChI is InChI=1S/C21H28F6N2O2/c1-13-6-14(9-18(13)19(30)31)11-28-2-4-29(5-3-28)12-15-7-16(20(22,23)24)10-17(8-15)21(25,26)27/h7-8,10,13-14,18-19,30-31H,2-6,9,11-12H2,1H3. The summed E-state index contributed by atoms with van der Waals surface area (Å²) >= 11 is 0. The number of hydrogen-bond acceptors (Lipinski definition) is 4. The number of rotatable bonds is 5. The van der Waals surface area contributed by atoms with E-state index in [0.717, 1.165) is 31.5 Å². The Morgan fingerprint density at radius 1 is 0.871 bits per heavy atom. The molecular weight excluding hydrogens is 426 g/mol. The first-order chi connectivity index (χ1) is 14.3. The van der Waals surface area contributed by atoms with Crippen molar-refractivity contribution >= 4 is 0 Å². The van der Waals surface area contributed by atoms with Gasteiger partial charge in [-0.05, 0) is 48.4 Å². The topological polar surface area (TPSA) is 46.9 Å². The van der Waals surface area contributed by atoms with Crippen molar-refractivity contribution in [3.63, 3.8) is 0 Å². The van der Waals surface area contributed by atoms with Crippen LogP contribution in [-0.2, 0) is 18.9 Å². The summed E-state index contributed by atoms with van der Waals surface area (Å²) in [6.45, 7) is 5.28. The van der Waals surface area contributed by atoms with Crippen molar-refractivity contribution in [2.24, 2.45) is 17.8 Å². The van der Waals surface area contributed by atoms with E-state index >= 15 is 0 Å². The third kappa shape index (κ3) is 6.34. The number of aliphatic hydroxyl groups excluding tert-OH is 1. The summed E-state index contributed by atoms with van der Waals surface area (Å²) in [7, 11) is 0. The zero-order valence-corrected chi connectivity index (χ0v) is 17.3. The molecule has 4 nitrogen and oxygen atoms in total. The first kappa shape index (κ1) is 24.3. The highest BCUT2D eigenvalue weighted by Gasteiger charge is 2.38. The molecule has 1 aliphatic carbocycles. The monoisotopic (exact) mass is 454 g/mol. The van der Waals surface area contributed by atoms with Gasteiger partial charge in [-0.2, -0.15) is 26.3 Å². The number of alkyl halides is 6. The van der Waals surface area contributed by atoms with Crippen LogP contribution in [0.4, 0.5) is 26.3 Å². The van der Waals surface area contributed by atoms with E-state index in [1.54, 1.807) is 0 Å². The van der Waals surface area contributed by atoms with Crippen molar-refractivity contribution < 1.29 is 36.6 Å². The SMILES string of the molecule is CC1CC(CN2CCN(Cc3cc(C(F)(F)F)cc(C(F)(F)F)c3)CC2)CC1C(O)O. The van der Waals surface area contributed by atoms with Crippen LogP contribution in [0.1, 0.15) is 36.5 Å². The van der Waals surface area contributed by atoms with Crippen LogP contribution in [0, 0.1) is 17.8 Å². The molecule has 0 spiro atoms. The number of benzene rings is 1. The van der Waals surface area contributed by atoms with Crippen LogP contribution in [0.25, 0.3) is 0 Å². The van der Waals surface area contributed by atoms with Crippen LogP contribution >= 0.6 is 0 Å². The maximum atomic E-state index is 13.0. The third-order valence-electron chi connectivity index (χ3n) is 6.46. The van der Waals surface area contributed by atoms with Gasteiger partial charge < -0.3 is 15.1 Å². The Hall–Kier alpha value is -1.36. The van der Waals surface area contributed by atoms with Crippen LogP contribution in [0.15, 0.2) is 18.2 Å². The number of nitrogens with zero attached hydrogens (tertiary/aromatic N) is 2. The molecular formula is C21H28F6N2O2. The van der Waals surface area contributed by atoms with Crippen molar-refractivity contribution in [1.29, 1.82) is 0 Å². The molecule has 2 N–H and O–H groups in total. The molecule has 10 heteroatoms. The molecule has 31 heavy (non-hydrogen) atoms. The molecule has 176 valence electrons.